The molecule has 0 aromatic rings. The molecular formula is C15H32N2O. The fourth-order valence-corrected chi connectivity index (χ4v) is 1.92. The molecule has 0 unspecified atom stereocenters. The van der Waals surface area contributed by atoms with E-state index in [-0.39, 0.29) is 5.91 Å². The zero-order valence-corrected chi connectivity index (χ0v) is 12.8. The fourth-order valence-electron chi connectivity index (χ4n) is 1.92. The second kappa shape index (κ2) is 10.4. The van der Waals surface area contributed by atoms with Gasteiger partial charge in [0.05, 0.1) is 6.54 Å². The number of unbranched alkanes of at least 4 members (excludes halogenated alkanes) is 3. The molecule has 0 fully saturated rings. The van der Waals surface area contributed by atoms with Crippen LogP contribution < -0.4 is 10.6 Å². The minimum atomic E-state index is 0.118. The molecule has 0 spiro atoms. The Balaban J connectivity index is 3.58. The quantitative estimate of drug-likeness (QED) is 0.558. The summed E-state index contributed by atoms with van der Waals surface area (Å²) >= 11 is 0. The molecule has 18 heavy (non-hydrogen) atoms. The third-order valence-corrected chi connectivity index (χ3v) is 3.20. The zero-order chi connectivity index (χ0) is 13.9. The van der Waals surface area contributed by atoms with E-state index in [2.05, 4.69) is 38.3 Å². The maximum Gasteiger partial charge on any atom is 0.233 e. The van der Waals surface area contributed by atoms with E-state index in [1.165, 1.54) is 25.7 Å². The fraction of sp³-hybridized carbons (Fsp3) is 0.933. The molecule has 0 aromatic carbocycles. The number of carbonyl (C=O) groups excluding carboxylic acids is 1. The first-order valence-electron chi connectivity index (χ1n) is 7.49. The van der Waals surface area contributed by atoms with Crippen LogP contribution in [0.4, 0.5) is 0 Å². The molecule has 0 aliphatic heterocycles. The molecule has 1 amide bonds. The van der Waals surface area contributed by atoms with Crippen molar-refractivity contribution in [1.29, 1.82) is 0 Å². The highest BCUT2D eigenvalue weighted by Gasteiger charge is 2.16. The lowest BCUT2D eigenvalue weighted by Gasteiger charge is -2.24. The highest BCUT2D eigenvalue weighted by molar-refractivity contribution is 5.77. The molecule has 3 heteroatoms. The first-order chi connectivity index (χ1) is 8.52. The summed E-state index contributed by atoms with van der Waals surface area (Å²) in [6.45, 7) is 11.1. The number of carbonyl (C=O) groups is 1. The smallest absolute Gasteiger partial charge is 0.233 e. The number of hydrogen-bond donors (Lipinski definition) is 2. The summed E-state index contributed by atoms with van der Waals surface area (Å²) in [5, 5.41) is 6.19. The summed E-state index contributed by atoms with van der Waals surface area (Å²) in [5.74, 6) is 0.118. The van der Waals surface area contributed by atoms with Crippen LogP contribution in [0.15, 0.2) is 0 Å². The molecule has 0 heterocycles. The van der Waals surface area contributed by atoms with Crippen LogP contribution in [0.3, 0.4) is 0 Å². The average molecular weight is 256 g/mol. The summed E-state index contributed by atoms with van der Waals surface area (Å²) in [4.78, 5) is 11.5. The SMILES string of the molecule is CCCCCC(C)(C)CNCC(=O)NCCCC. The molecular weight excluding hydrogens is 224 g/mol. The Morgan fingerprint density at radius 3 is 2.33 bits per heavy atom. The third kappa shape index (κ3) is 10.6. The van der Waals surface area contributed by atoms with Gasteiger partial charge in [0.2, 0.25) is 5.91 Å². The van der Waals surface area contributed by atoms with E-state index in [0.29, 0.717) is 12.0 Å². The Morgan fingerprint density at radius 2 is 1.72 bits per heavy atom. The van der Waals surface area contributed by atoms with Gasteiger partial charge in [0, 0.05) is 13.1 Å². The molecule has 3 nitrogen and oxygen atoms in total. The molecule has 0 radical (unpaired) electrons. The third-order valence-electron chi connectivity index (χ3n) is 3.20. The van der Waals surface area contributed by atoms with Gasteiger partial charge in [0.1, 0.15) is 0 Å². The summed E-state index contributed by atoms with van der Waals surface area (Å²) in [6, 6.07) is 0. The Morgan fingerprint density at radius 1 is 1.06 bits per heavy atom. The van der Waals surface area contributed by atoms with Crippen LogP contribution in [0.2, 0.25) is 0 Å². The molecule has 0 rings (SSSR count). The lowest BCUT2D eigenvalue weighted by Crippen LogP contribution is -2.38. The number of rotatable bonds is 11. The lowest BCUT2D eigenvalue weighted by atomic mass is 9.87. The van der Waals surface area contributed by atoms with E-state index in [1.54, 1.807) is 0 Å². The van der Waals surface area contributed by atoms with Crippen LogP contribution >= 0.6 is 0 Å². The Bertz CT molecular complexity index is 215. The van der Waals surface area contributed by atoms with Gasteiger partial charge in [-0.1, -0.05) is 53.4 Å². The van der Waals surface area contributed by atoms with Crippen LogP contribution in [0.1, 0.15) is 66.2 Å². The average Bonchev–Trinajstić information content (AvgIpc) is 2.29. The summed E-state index contributed by atoms with van der Waals surface area (Å²) in [5.41, 5.74) is 0.291. The van der Waals surface area contributed by atoms with Gasteiger partial charge in [-0.05, 0) is 18.3 Å². The monoisotopic (exact) mass is 256 g/mol. The van der Waals surface area contributed by atoms with E-state index in [4.69, 9.17) is 0 Å². The van der Waals surface area contributed by atoms with Crippen molar-refractivity contribution in [2.24, 2.45) is 5.41 Å². The normalized spacial score (nSPS) is 11.6. The van der Waals surface area contributed by atoms with E-state index in [0.717, 1.165) is 25.9 Å². The molecule has 0 aliphatic rings. The van der Waals surface area contributed by atoms with Crippen LogP contribution in [0, 0.1) is 5.41 Å². The minimum Gasteiger partial charge on any atom is -0.355 e. The summed E-state index contributed by atoms with van der Waals surface area (Å²) in [7, 11) is 0. The van der Waals surface area contributed by atoms with Crippen LogP contribution in [-0.2, 0) is 4.79 Å². The lowest BCUT2D eigenvalue weighted by molar-refractivity contribution is -0.120. The van der Waals surface area contributed by atoms with E-state index in [9.17, 15) is 4.79 Å². The van der Waals surface area contributed by atoms with Gasteiger partial charge >= 0.3 is 0 Å². The summed E-state index contributed by atoms with van der Waals surface area (Å²) < 4.78 is 0. The van der Waals surface area contributed by atoms with Gasteiger partial charge in [-0.3, -0.25) is 4.79 Å². The topological polar surface area (TPSA) is 41.1 Å². The number of hydrogen-bond acceptors (Lipinski definition) is 2. The molecule has 108 valence electrons. The zero-order valence-electron chi connectivity index (χ0n) is 12.8. The van der Waals surface area contributed by atoms with Crippen molar-refractivity contribution in [2.45, 2.75) is 66.2 Å². The van der Waals surface area contributed by atoms with Gasteiger partial charge < -0.3 is 10.6 Å². The highest BCUT2D eigenvalue weighted by atomic mass is 16.1. The van der Waals surface area contributed by atoms with Crippen molar-refractivity contribution in [3.05, 3.63) is 0 Å². The Hall–Kier alpha value is -0.570. The van der Waals surface area contributed by atoms with E-state index in [1.807, 2.05) is 0 Å². The molecule has 2 N–H and O–H groups in total. The highest BCUT2D eigenvalue weighted by Crippen LogP contribution is 2.22. The Labute approximate surface area is 113 Å². The van der Waals surface area contributed by atoms with Crippen LogP contribution in [0.5, 0.6) is 0 Å². The van der Waals surface area contributed by atoms with Gasteiger partial charge in [-0.2, -0.15) is 0 Å². The predicted octanol–water partition coefficient (Wildman–Crippen LogP) is 3.10. The van der Waals surface area contributed by atoms with Crippen molar-refractivity contribution >= 4 is 5.91 Å². The first kappa shape index (κ1) is 17.4. The largest absolute Gasteiger partial charge is 0.355 e. The van der Waals surface area contributed by atoms with E-state index >= 15 is 0 Å². The number of nitrogens with one attached hydrogen (secondary N) is 2. The summed E-state index contributed by atoms with van der Waals surface area (Å²) in [6.07, 6.45) is 7.27. The van der Waals surface area contributed by atoms with Gasteiger partial charge in [-0.15, -0.1) is 0 Å². The molecule has 0 aliphatic carbocycles. The minimum absolute atomic E-state index is 0.118. The van der Waals surface area contributed by atoms with E-state index < -0.39 is 0 Å². The van der Waals surface area contributed by atoms with Crippen molar-refractivity contribution < 1.29 is 4.79 Å². The van der Waals surface area contributed by atoms with Crippen molar-refractivity contribution in [2.75, 3.05) is 19.6 Å². The molecule has 0 saturated heterocycles. The number of amides is 1. The molecule has 0 saturated carbocycles. The second-order valence-electron chi connectivity index (χ2n) is 5.93. The predicted molar refractivity (Wildman–Crippen MR) is 78.7 cm³/mol. The van der Waals surface area contributed by atoms with Gasteiger partial charge in [0.15, 0.2) is 0 Å². The Kier molecular flexibility index (Phi) is 10.0. The van der Waals surface area contributed by atoms with Crippen molar-refractivity contribution in [3.63, 3.8) is 0 Å². The standard InChI is InChI=1S/C15H32N2O/c1-5-7-9-10-15(3,4)13-16-12-14(18)17-11-8-6-2/h16H,5-13H2,1-4H3,(H,17,18). The van der Waals surface area contributed by atoms with Crippen LogP contribution in [-0.4, -0.2) is 25.5 Å². The molecule has 0 bridgehead atoms. The maximum atomic E-state index is 11.5. The van der Waals surface area contributed by atoms with Crippen molar-refractivity contribution in [1.82, 2.24) is 10.6 Å². The van der Waals surface area contributed by atoms with Gasteiger partial charge in [-0.25, -0.2) is 0 Å². The van der Waals surface area contributed by atoms with Crippen LogP contribution in [0.25, 0.3) is 0 Å². The van der Waals surface area contributed by atoms with Crippen molar-refractivity contribution in [3.8, 4) is 0 Å². The first-order valence-corrected chi connectivity index (χ1v) is 7.49. The molecule has 0 atom stereocenters. The van der Waals surface area contributed by atoms with Gasteiger partial charge in [0.25, 0.3) is 0 Å². The second-order valence-corrected chi connectivity index (χ2v) is 5.93. The molecule has 0 aromatic heterocycles. The maximum absolute atomic E-state index is 11.5.